The number of hydrazone groups is 1. The van der Waals surface area contributed by atoms with Crippen LogP contribution in [0.1, 0.15) is 31.9 Å². The third kappa shape index (κ3) is 5.62. The van der Waals surface area contributed by atoms with Crippen LogP contribution in [0.4, 0.5) is 5.69 Å². The van der Waals surface area contributed by atoms with Gasteiger partial charge in [-0.1, -0.05) is 29.8 Å². The van der Waals surface area contributed by atoms with Crippen LogP contribution in [-0.2, 0) is 4.79 Å². The summed E-state index contributed by atoms with van der Waals surface area (Å²) in [5, 5.41) is 4.02. The number of ether oxygens (including phenoxy) is 1. The lowest BCUT2D eigenvalue weighted by Crippen LogP contribution is -2.33. The molecule has 2 aromatic carbocycles. The lowest BCUT2D eigenvalue weighted by Gasteiger charge is -2.20. The summed E-state index contributed by atoms with van der Waals surface area (Å²) < 4.78 is 5.61. The first kappa shape index (κ1) is 19.5. The zero-order valence-electron chi connectivity index (χ0n) is 15.9. The van der Waals surface area contributed by atoms with E-state index < -0.39 is 6.10 Å². The van der Waals surface area contributed by atoms with Crippen molar-refractivity contribution in [1.29, 1.82) is 0 Å². The number of anilines is 1. The van der Waals surface area contributed by atoms with Crippen LogP contribution in [0.3, 0.4) is 0 Å². The maximum Gasteiger partial charge on any atom is 0.280 e. The third-order valence-electron chi connectivity index (χ3n) is 4.11. The topological polar surface area (TPSA) is 53.9 Å². The Balaban J connectivity index is 1.86. The molecule has 0 aliphatic heterocycles. The van der Waals surface area contributed by atoms with E-state index in [1.807, 2.05) is 43.3 Å². The van der Waals surface area contributed by atoms with Crippen molar-refractivity contribution in [2.45, 2.75) is 33.8 Å². The minimum absolute atomic E-state index is 0.290. The molecule has 2 rings (SSSR count). The molecule has 0 aliphatic rings. The molecule has 0 saturated carbocycles. The van der Waals surface area contributed by atoms with E-state index in [0.717, 1.165) is 24.2 Å². The van der Waals surface area contributed by atoms with Gasteiger partial charge in [-0.25, -0.2) is 5.43 Å². The molecular weight excluding hydrogens is 326 g/mol. The highest BCUT2D eigenvalue weighted by Crippen LogP contribution is 2.14. The van der Waals surface area contributed by atoms with Crippen molar-refractivity contribution in [2.75, 3.05) is 18.0 Å². The molecule has 0 aliphatic carbocycles. The molecule has 1 N–H and O–H groups in total. The fraction of sp³-hybridized carbons (Fsp3) is 0.333. The third-order valence-corrected chi connectivity index (χ3v) is 4.11. The first-order chi connectivity index (χ1) is 12.5. The molecule has 138 valence electrons. The van der Waals surface area contributed by atoms with Crippen LogP contribution in [-0.4, -0.2) is 31.3 Å². The van der Waals surface area contributed by atoms with Crippen molar-refractivity contribution >= 4 is 17.8 Å². The lowest BCUT2D eigenvalue weighted by atomic mass is 10.2. The van der Waals surface area contributed by atoms with E-state index in [9.17, 15) is 4.79 Å². The minimum atomic E-state index is -0.625. The number of nitrogens with one attached hydrogen (secondary N) is 1. The fourth-order valence-electron chi connectivity index (χ4n) is 2.50. The average molecular weight is 353 g/mol. The van der Waals surface area contributed by atoms with E-state index in [-0.39, 0.29) is 5.91 Å². The van der Waals surface area contributed by atoms with Crippen LogP contribution >= 0.6 is 0 Å². The number of benzene rings is 2. The summed E-state index contributed by atoms with van der Waals surface area (Å²) >= 11 is 0. The van der Waals surface area contributed by atoms with E-state index >= 15 is 0 Å². The summed E-state index contributed by atoms with van der Waals surface area (Å²) in [5.74, 6) is 0.371. The first-order valence-corrected chi connectivity index (χ1v) is 8.94. The number of rotatable bonds is 8. The number of carbonyl (C=O) groups excluding carboxylic acids is 1. The number of hydrogen-bond acceptors (Lipinski definition) is 4. The number of aryl methyl sites for hydroxylation is 1. The van der Waals surface area contributed by atoms with Crippen molar-refractivity contribution in [2.24, 2.45) is 5.10 Å². The van der Waals surface area contributed by atoms with Crippen LogP contribution < -0.4 is 15.1 Å². The van der Waals surface area contributed by atoms with Gasteiger partial charge >= 0.3 is 0 Å². The van der Waals surface area contributed by atoms with Crippen molar-refractivity contribution < 1.29 is 9.53 Å². The second-order valence-electron chi connectivity index (χ2n) is 6.07. The summed E-state index contributed by atoms with van der Waals surface area (Å²) in [4.78, 5) is 14.3. The normalized spacial score (nSPS) is 12.0. The molecule has 5 nitrogen and oxygen atoms in total. The Morgan fingerprint density at radius 3 is 2.31 bits per heavy atom. The van der Waals surface area contributed by atoms with Crippen molar-refractivity contribution in [3.63, 3.8) is 0 Å². The molecular formula is C21H27N3O2. The molecule has 0 saturated heterocycles. The molecule has 5 heteroatoms. The van der Waals surface area contributed by atoms with Crippen LogP contribution in [0.15, 0.2) is 53.6 Å². The second-order valence-corrected chi connectivity index (χ2v) is 6.07. The van der Waals surface area contributed by atoms with Gasteiger partial charge in [-0.3, -0.25) is 4.79 Å². The molecule has 0 bridgehead atoms. The molecule has 26 heavy (non-hydrogen) atoms. The van der Waals surface area contributed by atoms with E-state index in [1.165, 1.54) is 5.69 Å². The Bertz CT molecular complexity index is 720. The van der Waals surface area contributed by atoms with Crippen molar-refractivity contribution in [3.05, 3.63) is 59.7 Å². The van der Waals surface area contributed by atoms with Gasteiger partial charge in [0.15, 0.2) is 6.10 Å². The quantitative estimate of drug-likeness (QED) is 0.581. The van der Waals surface area contributed by atoms with Crippen LogP contribution in [0, 0.1) is 6.92 Å². The number of amides is 1. The molecule has 0 radical (unpaired) electrons. The van der Waals surface area contributed by atoms with Crippen molar-refractivity contribution in [1.82, 2.24) is 5.43 Å². The Kier molecular flexibility index (Phi) is 7.21. The van der Waals surface area contributed by atoms with Gasteiger partial charge in [-0.05, 0) is 57.5 Å². The maximum atomic E-state index is 12.1. The highest BCUT2D eigenvalue weighted by molar-refractivity contribution is 5.84. The Hall–Kier alpha value is -2.82. The zero-order chi connectivity index (χ0) is 18.9. The van der Waals surface area contributed by atoms with Gasteiger partial charge in [0.2, 0.25) is 0 Å². The Labute approximate surface area is 155 Å². The fourth-order valence-corrected chi connectivity index (χ4v) is 2.50. The molecule has 2 aromatic rings. The highest BCUT2D eigenvalue weighted by atomic mass is 16.5. The van der Waals surface area contributed by atoms with Gasteiger partial charge in [0.25, 0.3) is 5.91 Å². The zero-order valence-corrected chi connectivity index (χ0v) is 15.9. The van der Waals surface area contributed by atoms with Gasteiger partial charge in [0.05, 0.1) is 6.21 Å². The summed E-state index contributed by atoms with van der Waals surface area (Å²) in [7, 11) is 0. The largest absolute Gasteiger partial charge is 0.481 e. The van der Waals surface area contributed by atoms with E-state index in [2.05, 4.69) is 41.4 Å². The predicted octanol–water partition coefficient (Wildman–Crippen LogP) is 3.76. The number of hydrogen-bond donors (Lipinski definition) is 1. The van der Waals surface area contributed by atoms with Gasteiger partial charge < -0.3 is 9.64 Å². The predicted molar refractivity (Wildman–Crippen MR) is 107 cm³/mol. The molecule has 0 fully saturated rings. The van der Waals surface area contributed by atoms with Crippen molar-refractivity contribution in [3.8, 4) is 5.75 Å². The Morgan fingerprint density at radius 1 is 1.12 bits per heavy atom. The van der Waals surface area contributed by atoms with E-state index in [4.69, 9.17) is 4.74 Å². The second kappa shape index (κ2) is 9.61. The monoisotopic (exact) mass is 353 g/mol. The summed E-state index contributed by atoms with van der Waals surface area (Å²) in [6, 6.07) is 15.7. The summed E-state index contributed by atoms with van der Waals surface area (Å²) in [6.45, 7) is 9.91. The van der Waals surface area contributed by atoms with Gasteiger partial charge in [0, 0.05) is 18.8 Å². The number of carbonyl (C=O) groups is 1. The standard InChI is InChI=1S/C21H27N3O2/c1-5-24(6-2)19-11-9-18(10-12-19)15-22-23-21(25)17(4)26-20-13-7-16(3)8-14-20/h7-15,17H,5-6H2,1-4H3,(H,23,25)/t17-/m0/s1. The van der Waals surface area contributed by atoms with Crippen LogP contribution in [0.25, 0.3) is 0 Å². The number of nitrogens with zero attached hydrogens (tertiary/aromatic N) is 2. The van der Waals surface area contributed by atoms with E-state index in [1.54, 1.807) is 13.1 Å². The smallest absolute Gasteiger partial charge is 0.280 e. The Morgan fingerprint density at radius 2 is 1.73 bits per heavy atom. The molecule has 0 aromatic heterocycles. The van der Waals surface area contributed by atoms with Gasteiger partial charge in [-0.15, -0.1) is 0 Å². The molecule has 1 atom stereocenters. The molecule has 0 unspecified atom stereocenters. The molecule has 0 spiro atoms. The van der Waals surface area contributed by atoms with Gasteiger partial charge in [0.1, 0.15) is 5.75 Å². The minimum Gasteiger partial charge on any atom is -0.481 e. The average Bonchev–Trinajstić information content (AvgIpc) is 2.65. The van der Waals surface area contributed by atoms with Crippen LogP contribution in [0.5, 0.6) is 5.75 Å². The molecule has 0 heterocycles. The molecule has 1 amide bonds. The first-order valence-electron chi connectivity index (χ1n) is 8.94. The van der Waals surface area contributed by atoms with E-state index in [0.29, 0.717) is 5.75 Å². The SMILES string of the molecule is CCN(CC)c1ccc(C=NNC(=O)[C@H](C)Oc2ccc(C)cc2)cc1. The van der Waals surface area contributed by atoms with Crippen LogP contribution in [0.2, 0.25) is 0 Å². The maximum absolute atomic E-state index is 12.1. The summed E-state index contributed by atoms with van der Waals surface area (Å²) in [6.07, 6.45) is 1.00. The summed E-state index contributed by atoms with van der Waals surface area (Å²) in [5.41, 5.74) is 5.76. The lowest BCUT2D eigenvalue weighted by molar-refractivity contribution is -0.127. The van der Waals surface area contributed by atoms with Gasteiger partial charge in [-0.2, -0.15) is 5.10 Å². The highest BCUT2D eigenvalue weighted by Gasteiger charge is 2.13.